The van der Waals surface area contributed by atoms with Gasteiger partial charge in [-0.05, 0) is 103 Å². The zero-order chi connectivity index (χ0) is 31.9. The largest absolute Gasteiger partial charge is 0.453 e. The Hall–Kier alpha value is -4.14. The number of nitrogens with one attached hydrogen (secondary N) is 1. The Balaban J connectivity index is 1.22. The summed E-state index contributed by atoms with van der Waals surface area (Å²) in [5.74, 6) is 0.557. The monoisotopic (exact) mass is 636 g/mol. The fraction of sp³-hybridized carbons (Fsp3) is 0.368. The summed E-state index contributed by atoms with van der Waals surface area (Å²) in [7, 11) is 1.44. The van der Waals surface area contributed by atoms with Gasteiger partial charge in [0.15, 0.2) is 0 Å². The lowest BCUT2D eigenvalue weighted by molar-refractivity contribution is 0.0879. The van der Waals surface area contributed by atoms with Gasteiger partial charge in [-0.3, -0.25) is 4.79 Å². The Morgan fingerprint density at radius 1 is 0.870 bits per heavy atom. The first-order valence-electron chi connectivity index (χ1n) is 16.4. The molecule has 0 atom stereocenters. The second-order valence-electron chi connectivity index (χ2n) is 12.7. The van der Waals surface area contributed by atoms with Crippen molar-refractivity contribution in [2.45, 2.75) is 63.6 Å². The average molecular weight is 637 g/mol. The number of carbonyl (C=O) groups excluding carboxylic acids is 2. The number of piperidine rings is 1. The second kappa shape index (κ2) is 15.0. The lowest BCUT2D eigenvalue weighted by atomic mass is 9.90. The number of amides is 2. The summed E-state index contributed by atoms with van der Waals surface area (Å²) >= 11 is 1.44. The predicted molar refractivity (Wildman–Crippen MR) is 187 cm³/mol. The summed E-state index contributed by atoms with van der Waals surface area (Å²) in [4.78, 5) is 31.0. The van der Waals surface area contributed by atoms with Crippen molar-refractivity contribution >= 4 is 34.7 Å². The highest BCUT2D eigenvalue weighted by molar-refractivity contribution is 7.12. The topological polar surface area (TPSA) is 87.9 Å². The standard InChI is InChI=1S/C38H44N4O3S/c1-45-38(44)42(33-15-13-32(39)14-16-33)26-29-9-5-10-30(24-29)31-12-17-35(34(25-31)40-37(43)36-11-6-22-46-36)41-20-18-28(19-21-41)23-27-7-3-2-4-8-27/h2-12,17,22,24-25,28,32-33H,13-16,18-21,23,26,39H2,1H3,(H,40,43). The number of nitrogens with two attached hydrogens (primary N) is 1. The van der Waals surface area contributed by atoms with Crippen molar-refractivity contribution in [2.24, 2.45) is 11.7 Å². The molecule has 4 aromatic rings. The molecule has 2 heterocycles. The van der Waals surface area contributed by atoms with Crippen molar-refractivity contribution in [1.29, 1.82) is 0 Å². The van der Waals surface area contributed by atoms with Crippen LogP contribution in [0.2, 0.25) is 0 Å². The lowest BCUT2D eigenvalue weighted by Crippen LogP contribution is -2.43. The molecule has 6 rings (SSSR count). The third-order valence-electron chi connectivity index (χ3n) is 9.52. The molecule has 0 spiro atoms. The predicted octanol–water partition coefficient (Wildman–Crippen LogP) is 7.96. The Morgan fingerprint density at radius 3 is 2.33 bits per heavy atom. The van der Waals surface area contributed by atoms with Crippen molar-refractivity contribution in [1.82, 2.24) is 4.90 Å². The number of hydrogen-bond donors (Lipinski definition) is 2. The van der Waals surface area contributed by atoms with Crippen molar-refractivity contribution in [2.75, 3.05) is 30.4 Å². The van der Waals surface area contributed by atoms with Gasteiger partial charge < -0.3 is 25.6 Å². The van der Waals surface area contributed by atoms with E-state index in [1.165, 1.54) is 24.0 Å². The summed E-state index contributed by atoms with van der Waals surface area (Å²) in [5, 5.41) is 5.16. The van der Waals surface area contributed by atoms with E-state index in [1.54, 1.807) is 0 Å². The molecule has 1 saturated heterocycles. The van der Waals surface area contributed by atoms with Gasteiger partial charge in [0.25, 0.3) is 5.91 Å². The Labute approximate surface area is 276 Å². The molecule has 0 radical (unpaired) electrons. The van der Waals surface area contributed by atoms with Gasteiger partial charge in [0.05, 0.1) is 23.4 Å². The zero-order valence-electron chi connectivity index (χ0n) is 26.6. The summed E-state index contributed by atoms with van der Waals surface area (Å²) in [6, 6.07) is 29.5. The molecule has 7 nitrogen and oxygen atoms in total. The smallest absolute Gasteiger partial charge is 0.410 e. The molecule has 2 amide bonds. The molecule has 240 valence electrons. The molecular weight excluding hydrogens is 593 g/mol. The molecule has 1 aliphatic heterocycles. The van der Waals surface area contributed by atoms with Crippen LogP contribution in [0, 0.1) is 5.92 Å². The Morgan fingerprint density at radius 2 is 1.61 bits per heavy atom. The van der Waals surface area contributed by atoms with Gasteiger partial charge in [-0.25, -0.2) is 4.79 Å². The highest BCUT2D eigenvalue weighted by Crippen LogP contribution is 2.36. The van der Waals surface area contributed by atoms with Crippen molar-refractivity contribution in [3.8, 4) is 11.1 Å². The van der Waals surface area contributed by atoms with Crippen molar-refractivity contribution in [3.05, 3.63) is 106 Å². The second-order valence-corrected chi connectivity index (χ2v) is 13.6. The maximum atomic E-state index is 13.3. The Bertz CT molecular complexity index is 1590. The number of methoxy groups -OCH3 is 1. The molecule has 3 aromatic carbocycles. The first-order valence-corrected chi connectivity index (χ1v) is 17.3. The first kappa shape index (κ1) is 31.8. The van der Waals surface area contributed by atoms with E-state index < -0.39 is 0 Å². The van der Waals surface area contributed by atoms with Crippen LogP contribution in [-0.2, 0) is 17.7 Å². The minimum Gasteiger partial charge on any atom is -0.453 e. The molecule has 2 aliphatic rings. The van der Waals surface area contributed by atoms with Gasteiger partial charge in [-0.15, -0.1) is 11.3 Å². The third-order valence-corrected chi connectivity index (χ3v) is 10.4. The quantitative estimate of drug-likeness (QED) is 0.195. The van der Waals surface area contributed by atoms with Crippen LogP contribution in [-0.4, -0.2) is 49.2 Å². The first-order chi connectivity index (χ1) is 22.5. The van der Waals surface area contributed by atoms with Crippen molar-refractivity contribution in [3.63, 3.8) is 0 Å². The van der Waals surface area contributed by atoms with Crippen LogP contribution in [0.15, 0.2) is 90.3 Å². The van der Waals surface area contributed by atoms with E-state index in [0.29, 0.717) is 17.3 Å². The molecule has 1 saturated carbocycles. The number of thiophene rings is 1. The van der Waals surface area contributed by atoms with Crippen molar-refractivity contribution < 1.29 is 14.3 Å². The van der Waals surface area contributed by atoms with Gasteiger partial charge in [-0.2, -0.15) is 0 Å². The maximum absolute atomic E-state index is 13.3. The van der Waals surface area contributed by atoms with E-state index in [2.05, 4.69) is 76.9 Å². The van der Waals surface area contributed by atoms with Gasteiger partial charge in [0, 0.05) is 31.7 Å². The van der Waals surface area contributed by atoms with Gasteiger partial charge in [-0.1, -0.05) is 60.7 Å². The number of hydrogen-bond acceptors (Lipinski definition) is 6. The van der Waals surface area contributed by atoms with Crippen LogP contribution in [0.5, 0.6) is 0 Å². The maximum Gasteiger partial charge on any atom is 0.410 e. The summed E-state index contributed by atoms with van der Waals surface area (Å²) < 4.78 is 5.18. The normalized spacial score (nSPS) is 18.6. The molecule has 1 aliphatic carbocycles. The van der Waals surface area contributed by atoms with E-state index in [1.807, 2.05) is 28.5 Å². The van der Waals surface area contributed by atoms with Gasteiger partial charge >= 0.3 is 6.09 Å². The highest BCUT2D eigenvalue weighted by Gasteiger charge is 2.29. The molecular formula is C38H44N4O3S. The van der Waals surface area contributed by atoms with Gasteiger partial charge in [0.2, 0.25) is 0 Å². The number of benzene rings is 3. The molecule has 46 heavy (non-hydrogen) atoms. The molecule has 3 N–H and O–H groups in total. The van der Waals surface area contributed by atoms with E-state index in [0.717, 1.165) is 86.1 Å². The van der Waals surface area contributed by atoms with Crippen LogP contribution >= 0.6 is 11.3 Å². The molecule has 0 bridgehead atoms. The average Bonchev–Trinajstić information content (AvgIpc) is 3.64. The highest BCUT2D eigenvalue weighted by atomic mass is 32.1. The molecule has 0 unspecified atom stereocenters. The van der Waals surface area contributed by atoms with E-state index in [4.69, 9.17) is 10.5 Å². The minimum absolute atomic E-state index is 0.0953. The number of ether oxygens (including phenoxy) is 1. The van der Waals surface area contributed by atoms with Gasteiger partial charge in [0.1, 0.15) is 0 Å². The van der Waals surface area contributed by atoms with Crippen LogP contribution in [0.25, 0.3) is 11.1 Å². The molecule has 1 aromatic heterocycles. The third kappa shape index (κ3) is 7.80. The van der Waals surface area contributed by atoms with Crippen LogP contribution in [0.3, 0.4) is 0 Å². The fourth-order valence-electron chi connectivity index (χ4n) is 6.93. The molecule has 2 fully saturated rings. The van der Waals surface area contributed by atoms with E-state index in [-0.39, 0.29) is 24.1 Å². The number of carbonyl (C=O) groups is 2. The van der Waals surface area contributed by atoms with Crippen LogP contribution < -0.4 is 16.0 Å². The lowest BCUT2D eigenvalue weighted by Gasteiger charge is -2.35. The van der Waals surface area contributed by atoms with Crippen LogP contribution in [0.1, 0.15) is 59.3 Å². The van der Waals surface area contributed by atoms with Crippen LogP contribution in [0.4, 0.5) is 16.2 Å². The minimum atomic E-state index is -0.304. The number of anilines is 2. The molecule has 8 heteroatoms. The summed E-state index contributed by atoms with van der Waals surface area (Å²) in [5.41, 5.74) is 12.5. The summed E-state index contributed by atoms with van der Waals surface area (Å²) in [6.45, 7) is 2.37. The SMILES string of the molecule is COC(=O)N(Cc1cccc(-c2ccc(N3CCC(Cc4ccccc4)CC3)c(NC(=O)c3cccs3)c2)c1)C1CCC(N)CC1. The van der Waals surface area contributed by atoms with E-state index >= 15 is 0 Å². The Kier molecular flexibility index (Phi) is 10.4. The summed E-state index contributed by atoms with van der Waals surface area (Å²) in [6.07, 6.45) is 6.61. The zero-order valence-corrected chi connectivity index (χ0v) is 27.4. The fourth-order valence-corrected chi connectivity index (χ4v) is 7.55. The number of nitrogens with zero attached hydrogens (tertiary/aromatic N) is 2. The number of rotatable bonds is 9. The van der Waals surface area contributed by atoms with E-state index in [9.17, 15) is 9.59 Å².